The normalized spacial score (nSPS) is 28.8. The quantitative estimate of drug-likeness (QED) is 0.732. The Bertz CT molecular complexity index is 741. The monoisotopic (exact) mass is 352 g/mol. The Morgan fingerprint density at radius 2 is 2.12 bits per heavy atom. The molecule has 2 fully saturated rings. The Hall–Kier alpha value is -1.94. The van der Waals surface area contributed by atoms with Crippen LogP contribution in [0.2, 0.25) is 5.02 Å². The minimum absolute atomic E-state index is 0.134. The van der Waals surface area contributed by atoms with Gasteiger partial charge in [-0.15, -0.1) is 0 Å². The summed E-state index contributed by atoms with van der Waals surface area (Å²) in [5, 5.41) is 20.6. The van der Waals surface area contributed by atoms with E-state index in [1.54, 1.807) is 10.9 Å². The zero-order valence-electron chi connectivity index (χ0n) is 12.9. The van der Waals surface area contributed by atoms with Gasteiger partial charge >= 0.3 is 0 Å². The van der Waals surface area contributed by atoms with Crippen molar-refractivity contribution < 1.29 is 14.6 Å². The van der Waals surface area contributed by atoms with E-state index in [0.717, 1.165) is 5.69 Å². The summed E-state index contributed by atoms with van der Waals surface area (Å²) in [4.78, 5) is 8.56. The highest BCUT2D eigenvalue weighted by Gasteiger charge is 2.47. The molecule has 2 aromatic heterocycles. The fraction of sp³-hybridized carbons (Fsp3) is 0.500. The Labute approximate surface area is 143 Å². The van der Waals surface area contributed by atoms with Crippen LogP contribution in [0.25, 0.3) is 0 Å². The molecule has 0 aromatic carbocycles. The molecule has 2 aliphatic rings. The molecule has 0 radical (unpaired) electrons. The van der Waals surface area contributed by atoms with Crippen molar-refractivity contribution in [2.75, 3.05) is 23.8 Å². The summed E-state index contributed by atoms with van der Waals surface area (Å²) in [5.41, 5.74) is 0.775. The van der Waals surface area contributed by atoms with E-state index < -0.39 is 6.10 Å². The van der Waals surface area contributed by atoms with Crippen LogP contribution in [0.15, 0.2) is 18.6 Å². The summed E-state index contributed by atoms with van der Waals surface area (Å²) in [7, 11) is 1.83. The molecule has 2 saturated heterocycles. The third-order valence-electron chi connectivity index (χ3n) is 4.05. The predicted molar refractivity (Wildman–Crippen MR) is 86.4 cm³/mol. The maximum Gasteiger partial charge on any atom is 0.229 e. The van der Waals surface area contributed by atoms with Crippen LogP contribution in [0.3, 0.4) is 0 Å². The molecule has 4 heterocycles. The van der Waals surface area contributed by atoms with E-state index in [4.69, 9.17) is 21.1 Å². The maximum atomic E-state index is 9.80. The first-order valence-corrected chi connectivity index (χ1v) is 7.94. The number of aryl methyl sites for hydroxylation is 1. The molecule has 10 heteroatoms. The molecule has 2 aliphatic heterocycles. The number of anilines is 3. The Morgan fingerprint density at radius 3 is 2.92 bits per heavy atom. The molecule has 0 aliphatic carbocycles. The topological polar surface area (TPSA) is 106 Å². The SMILES string of the molecule is Cn1cc(Nc2ncc(Cl)c(N[C@H]3COC4C3OC[C@@H]4O)n2)cn1. The summed E-state index contributed by atoms with van der Waals surface area (Å²) in [6.07, 6.45) is 3.89. The Balaban J connectivity index is 1.49. The molecule has 0 saturated carbocycles. The van der Waals surface area contributed by atoms with Gasteiger partial charge in [0.05, 0.1) is 37.3 Å². The van der Waals surface area contributed by atoms with Gasteiger partial charge in [-0.1, -0.05) is 11.6 Å². The van der Waals surface area contributed by atoms with Gasteiger partial charge in [-0.2, -0.15) is 10.1 Å². The minimum Gasteiger partial charge on any atom is -0.388 e. The molecule has 0 spiro atoms. The Kier molecular flexibility index (Phi) is 4.01. The number of aromatic nitrogens is 4. The molecule has 9 nitrogen and oxygen atoms in total. The average Bonchev–Trinajstić information content (AvgIpc) is 3.23. The number of hydrogen-bond donors (Lipinski definition) is 3. The first-order valence-electron chi connectivity index (χ1n) is 7.56. The van der Waals surface area contributed by atoms with Crippen molar-refractivity contribution in [2.24, 2.45) is 7.05 Å². The van der Waals surface area contributed by atoms with Crippen LogP contribution in [0.4, 0.5) is 17.5 Å². The molecule has 128 valence electrons. The van der Waals surface area contributed by atoms with Gasteiger partial charge in [-0.25, -0.2) is 4.98 Å². The summed E-state index contributed by atoms with van der Waals surface area (Å²) >= 11 is 6.19. The standard InChI is InChI=1S/C14H17ClN6O3/c1-21-4-7(2-17-21)18-14-16-3-8(15)13(20-14)19-9-5-23-12-10(22)6-24-11(9)12/h2-4,9-12,22H,5-6H2,1H3,(H2,16,18,19,20)/t9-,10-,11?,12?/m0/s1. The van der Waals surface area contributed by atoms with Crippen molar-refractivity contribution in [3.63, 3.8) is 0 Å². The third kappa shape index (κ3) is 2.91. The van der Waals surface area contributed by atoms with Crippen LogP contribution >= 0.6 is 11.6 Å². The second-order valence-electron chi connectivity index (χ2n) is 5.83. The Morgan fingerprint density at radius 1 is 1.29 bits per heavy atom. The van der Waals surface area contributed by atoms with E-state index in [-0.39, 0.29) is 24.9 Å². The van der Waals surface area contributed by atoms with Gasteiger partial charge in [0.25, 0.3) is 0 Å². The van der Waals surface area contributed by atoms with Gasteiger partial charge in [-0.05, 0) is 0 Å². The summed E-state index contributed by atoms with van der Waals surface area (Å²) in [6.45, 7) is 0.691. The average molecular weight is 353 g/mol. The molecular weight excluding hydrogens is 336 g/mol. The van der Waals surface area contributed by atoms with Crippen LogP contribution < -0.4 is 10.6 Å². The van der Waals surface area contributed by atoms with Gasteiger partial charge in [-0.3, -0.25) is 4.68 Å². The highest BCUT2D eigenvalue weighted by molar-refractivity contribution is 6.32. The summed E-state index contributed by atoms with van der Waals surface area (Å²) < 4.78 is 12.9. The van der Waals surface area contributed by atoms with Crippen LogP contribution in [-0.4, -0.2) is 62.4 Å². The number of aliphatic hydroxyl groups is 1. The summed E-state index contributed by atoms with van der Waals surface area (Å²) in [6, 6.07) is -0.134. The number of nitrogens with one attached hydrogen (secondary N) is 2. The van der Waals surface area contributed by atoms with Crippen LogP contribution in [0.1, 0.15) is 0 Å². The van der Waals surface area contributed by atoms with E-state index in [9.17, 15) is 5.11 Å². The fourth-order valence-corrected chi connectivity index (χ4v) is 3.07. The van der Waals surface area contributed by atoms with Gasteiger partial charge in [0.15, 0.2) is 5.82 Å². The predicted octanol–water partition coefficient (Wildman–Crippen LogP) is 0.546. The number of aliphatic hydroxyl groups excluding tert-OH is 1. The lowest BCUT2D eigenvalue weighted by atomic mass is 10.1. The van der Waals surface area contributed by atoms with Crippen molar-refractivity contribution in [3.05, 3.63) is 23.6 Å². The third-order valence-corrected chi connectivity index (χ3v) is 4.33. The maximum absolute atomic E-state index is 9.80. The van der Waals surface area contributed by atoms with Gasteiger partial charge < -0.3 is 25.2 Å². The fourth-order valence-electron chi connectivity index (χ4n) is 2.92. The van der Waals surface area contributed by atoms with Gasteiger partial charge in [0.2, 0.25) is 5.95 Å². The largest absolute Gasteiger partial charge is 0.388 e. The van der Waals surface area contributed by atoms with Gasteiger partial charge in [0, 0.05) is 13.2 Å². The molecule has 24 heavy (non-hydrogen) atoms. The molecule has 2 unspecified atom stereocenters. The number of nitrogens with zero attached hydrogens (tertiary/aromatic N) is 4. The van der Waals surface area contributed by atoms with Crippen molar-refractivity contribution in [2.45, 2.75) is 24.4 Å². The number of halogens is 1. The van der Waals surface area contributed by atoms with E-state index in [0.29, 0.717) is 23.4 Å². The van der Waals surface area contributed by atoms with Crippen LogP contribution in [0, 0.1) is 0 Å². The minimum atomic E-state index is -0.592. The molecule has 4 atom stereocenters. The highest BCUT2D eigenvalue weighted by atomic mass is 35.5. The van der Waals surface area contributed by atoms with Crippen molar-refractivity contribution in [1.82, 2.24) is 19.7 Å². The molecule has 4 rings (SSSR count). The van der Waals surface area contributed by atoms with Crippen molar-refractivity contribution in [1.29, 1.82) is 0 Å². The van der Waals surface area contributed by atoms with Crippen LogP contribution in [-0.2, 0) is 16.5 Å². The molecular formula is C14H17ClN6O3. The number of hydrogen-bond acceptors (Lipinski definition) is 8. The first-order chi connectivity index (χ1) is 11.6. The highest BCUT2D eigenvalue weighted by Crippen LogP contribution is 2.30. The van der Waals surface area contributed by atoms with E-state index in [1.165, 1.54) is 6.20 Å². The van der Waals surface area contributed by atoms with Gasteiger partial charge in [0.1, 0.15) is 23.3 Å². The smallest absolute Gasteiger partial charge is 0.229 e. The first kappa shape index (κ1) is 15.6. The van der Waals surface area contributed by atoms with E-state index in [2.05, 4.69) is 25.7 Å². The van der Waals surface area contributed by atoms with Crippen LogP contribution in [0.5, 0.6) is 0 Å². The second-order valence-corrected chi connectivity index (χ2v) is 6.24. The van der Waals surface area contributed by atoms with Crippen molar-refractivity contribution >= 4 is 29.1 Å². The number of ether oxygens (including phenoxy) is 2. The number of fused-ring (bicyclic) bond motifs is 1. The van der Waals surface area contributed by atoms with E-state index in [1.807, 2.05) is 13.2 Å². The summed E-state index contributed by atoms with van der Waals surface area (Å²) in [5.74, 6) is 0.884. The molecule has 0 bridgehead atoms. The van der Waals surface area contributed by atoms with Crippen molar-refractivity contribution in [3.8, 4) is 0 Å². The molecule has 3 N–H and O–H groups in total. The lowest BCUT2D eigenvalue weighted by molar-refractivity contribution is 0.0184. The van der Waals surface area contributed by atoms with E-state index >= 15 is 0 Å². The lowest BCUT2D eigenvalue weighted by Crippen LogP contribution is -2.36. The zero-order valence-corrected chi connectivity index (χ0v) is 13.6. The molecule has 2 aromatic rings. The molecule has 0 amide bonds. The lowest BCUT2D eigenvalue weighted by Gasteiger charge is -2.18. The number of rotatable bonds is 4. The zero-order chi connectivity index (χ0) is 16.7. The second kappa shape index (κ2) is 6.17.